The van der Waals surface area contributed by atoms with Crippen LogP contribution < -0.4 is 10.5 Å². The summed E-state index contributed by atoms with van der Waals surface area (Å²) in [6.45, 7) is 2.57. The molecule has 0 fully saturated rings. The number of aromatic nitrogens is 3. The van der Waals surface area contributed by atoms with Crippen molar-refractivity contribution >= 4 is 5.82 Å². The molecule has 2 N–H and O–H groups in total. The minimum Gasteiger partial charge on any atom is -0.494 e. The quantitative estimate of drug-likeness (QED) is 0.791. The van der Waals surface area contributed by atoms with Crippen LogP contribution in [0.4, 0.5) is 5.82 Å². The molecular formula is C15H14N4O2. The molecule has 6 heteroatoms. The van der Waals surface area contributed by atoms with Gasteiger partial charge in [0.05, 0.1) is 17.7 Å². The molecule has 2 heterocycles. The maximum atomic E-state index is 5.93. The Balaban J connectivity index is 2.04. The maximum Gasteiger partial charge on any atom is 0.180 e. The second-order valence-corrected chi connectivity index (χ2v) is 4.36. The predicted octanol–water partition coefficient (Wildman–Crippen LogP) is 2.78. The number of benzene rings is 1. The third-order valence-electron chi connectivity index (χ3n) is 3.00. The summed E-state index contributed by atoms with van der Waals surface area (Å²) >= 11 is 0. The standard InChI is InChI=1S/C15H14N4O2/c1-2-20-12-5-3-10(4-6-12)13-14(21-19-15(13)16)11-7-17-9-18-8-11/h3-9H,2H2,1H3,(H2,16,19). The summed E-state index contributed by atoms with van der Waals surface area (Å²) in [5, 5.41) is 3.84. The fraction of sp³-hybridized carbons (Fsp3) is 0.133. The van der Waals surface area contributed by atoms with E-state index in [1.165, 1.54) is 6.33 Å². The molecular weight excluding hydrogens is 268 g/mol. The topological polar surface area (TPSA) is 87.1 Å². The van der Waals surface area contributed by atoms with Gasteiger partial charge in [0.1, 0.15) is 12.1 Å². The lowest BCUT2D eigenvalue weighted by Crippen LogP contribution is -1.92. The lowest BCUT2D eigenvalue weighted by Gasteiger charge is -2.05. The van der Waals surface area contributed by atoms with E-state index in [0.29, 0.717) is 18.2 Å². The molecule has 0 radical (unpaired) electrons. The van der Waals surface area contributed by atoms with Crippen LogP contribution in [-0.4, -0.2) is 21.7 Å². The Morgan fingerprint density at radius 3 is 2.48 bits per heavy atom. The lowest BCUT2D eigenvalue weighted by atomic mass is 10.0. The third-order valence-corrected chi connectivity index (χ3v) is 3.00. The highest BCUT2D eigenvalue weighted by Gasteiger charge is 2.18. The molecule has 0 aliphatic rings. The highest BCUT2D eigenvalue weighted by Crippen LogP contribution is 2.36. The highest BCUT2D eigenvalue weighted by molar-refractivity contribution is 5.86. The smallest absolute Gasteiger partial charge is 0.180 e. The summed E-state index contributed by atoms with van der Waals surface area (Å²) in [7, 11) is 0. The van der Waals surface area contributed by atoms with Gasteiger partial charge in [-0.1, -0.05) is 17.3 Å². The van der Waals surface area contributed by atoms with Gasteiger partial charge in [0.25, 0.3) is 0 Å². The van der Waals surface area contributed by atoms with E-state index in [2.05, 4.69) is 15.1 Å². The molecule has 0 saturated heterocycles. The van der Waals surface area contributed by atoms with Gasteiger partial charge in [-0.25, -0.2) is 9.97 Å². The minimum absolute atomic E-state index is 0.331. The van der Waals surface area contributed by atoms with Crippen molar-refractivity contribution in [1.82, 2.24) is 15.1 Å². The van der Waals surface area contributed by atoms with E-state index in [0.717, 1.165) is 22.4 Å². The fourth-order valence-electron chi connectivity index (χ4n) is 2.08. The van der Waals surface area contributed by atoms with Crippen molar-refractivity contribution in [1.29, 1.82) is 0 Å². The van der Waals surface area contributed by atoms with Crippen molar-refractivity contribution in [3.8, 4) is 28.2 Å². The Labute approximate surface area is 121 Å². The van der Waals surface area contributed by atoms with E-state index in [9.17, 15) is 0 Å². The summed E-state index contributed by atoms with van der Waals surface area (Å²) in [6.07, 6.45) is 4.77. The van der Waals surface area contributed by atoms with Crippen LogP contribution in [0.5, 0.6) is 5.75 Å². The second-order valence-electron chi connectivity index (χ2n) is 4.36. The Kier molecular flexibility index (Phi) is 3.51. The van der Waals surface area contributed by atoms with Crippen molar-refractivity contribution in [2.24, 2.45) is 0 Å². The molecule has 0 unspecified atom stereocenters. The molecule has 0 saturated carbocycles. The van der Waals surface area contributed by atoms with Gasteiger partial charge in [-0.3, -0.25) is 0 Å². The van der Waals surface area contributed by atoms with E-state index in [1.807, 2.05) is 31.2 Å². The predicted molar refractivity (Wildman–Crippen MR) is 78.5 cm³/mol. The fourth-order valence-corrected chi connectivity index (χ4v) is 2.08. The summed E-state index contributed by atoms with van der Waals surface area (Å²) in [5.74, 6) is 1.69. The second kappa shape index (κ2) is 5.62. The van der Waals surface area contributed by atoms with Crippen LogP contribution >= 0.6 is 0 Å². The van der Waals surface area contributed by atoms with E-state index < -0.39 is 0 Å². The van der Waals surface area contributed by atoms with Crippen LogP contribution in [0.15, 0.2) is 47.5 Å². The third kappa shape index (κ3) is 2.55. The van der Waals surface area contributed by atoms with Gasteiger partial charge in [0, 0.05) is 12.4 Å². The zero-order chi connectivity index (χ0) is 14.7. The number of nitrogen functional groups attached to an aromatic ring is 1. The van der Waals surface area contributed by atoms with Crippen molar-refractivity contribution in [3.63, 3.8) is 0 Å². The molecule has 0 aliphatic carbocycles. The zero-order valence-electron chi connectivity index (χ0n) is 11.5. The maximum absolute atomic E-state index is 5.93. The first kappa shape index (κ1) is 13.1. The molecule has 0 amide bonds. The van der Waals surface area contributed by atoms with E-state index in [-0.39, 0.29) is 0 Å². The van der Waals surface area contributed by atoms with E-state index in [4.69, 9.17) is 15.0 Å². The van der Waals surface area contributed by atoms with Crippen molar-refractivity contribution < 1.29 is 9.26 Å². The van der Waals surface area contributed by atoms with Crippen LogP contribution in [0.2, 0.25) is 0 Å². The van der Waals surface area contributed by atoms with E-state index in [1.54, 1.807) is 12.4 Å². The summed E-state index contributed by atoms with van der Waals surface area (Å²) in [4.78, 5) is 7.97. The molecule has 106 valence electrons. The van der Waals surface area contributed by atoms with Crippen LogP contribution in [0.1, 0.15) is 6.92 Å². The van der Waals surface area contributed by atoms with Crippen LogP contribution in [0.25, 0.3) is 22.5 Å². The lowest BCUT2D eigenvalue weighted by molar-refractivity contribution is 0.340. The molecule has 0 bridgehead atoms. The number of anilines is 1. The molecule has 0 atom stereocenters. The van der Waals surface area contributed by atoms with Gasteiger partial charge >= 0.3 is 0 Å². The molecule has 1 aromatic carbocycles. The normalized spacial score (nSPS) is 10.5. The first-order valence-electron chi connectivity index (χ1n) is 6.53. The number of hydrogen-bond donors (Lipinski definition) is 1. The molecule has 3 aromatic rings. The van der Waals surface area contributed by atoms with Crippen LogP contribution in [0.3, 0.4) is 0 Å². The Morgan fingerprint density at radius 1 is 1.10 bits per heavy atom. The Bertz CT molecular complexity index is 723. The van der Waals surface area contributed by atoms with Crippen LogP contribution in [-0.2, 0) is 0 Å². The van der Waals surface area contributed by atoms with Crippen molar-refractivity contribution in [2.45, 2.75) is 6.92 Å². The van der Waals surface area contributed by atoms with Crippen molar-refractivity contribution in [2.75, 3.05) is 12.3 Å². The van der Waals surface area contributed by atoms with Crippen molar-refractivity contribution in [3.05, 3.63) is 43.0 Å². The van der Waals surface area contributed by atoms with Crippen LogP contribution in [0, 0.1) is 0 Å². The van der Waals surface area contributed by atoms with Gasteiger partial charge in [-0.2, -0.15) is 0 Å². The molecule has 21 heavy (non-hydrogen) atoms. The monoisotopic (exact) mass is 282 g/mol. The Morgan fingerprint density at radius 2 is 1.81 bits per heavy atom. The number of nitrogens with zero attached hydrogens (tertiary/aromatic N) is 3. The first-order valence-corrected chi connectivity index (χ1v) is 6.53. The number of hydrogen-bond acceptors (Lipinski definition) is 6. The molecule has 6 nitrogen and oxygen atoms in total. The van der Waals surface area contributed by atoms with Gasteiger partial charge in [0.2, 0.25) is 0 Å². The Hall–Kier alpha value is -2.89. The first-order chi connectivity index (χ1) is 10.3. The molecule has 3 rings (SSSR count). The van der Waals surface area contributed by atoms with E-state index >= 15 is 0 Å². The molecule has 0 spiro atoms. The number of ether oxygens (including phenoxy) is 1. The number of rotatable bonds is 4. The van der Waals surface area contributed by atoms with Gasteiger partial charge in [-0.15, -0.1) is 0 Å². The summed E-state index contributed by atoms with van der Waals surface area (Å²) in [5.41, 5.74) is 8.29. The highest BCUT2D eigenvalue weighted by atomic mass is 16.5. The molecule has 0 aliphatic heterocycles. The summed E-state index contributed by atoms with van der Waals surface area (Å²) < 4.78 is 10.8. The zero-order valence-corrected chi connectivity index (χ0v) is 11.5. The van der Waals surface area contributed by atoms with Gasteiger partial charge < -0.3 is 15.0 Å². The number of nitrogens with two attached hydrogens (primary N) is 1. The summed E-state index contributed by atoms with van der Waals surface area (Å²) in [6, 6.07) is 7.61. The SMILES string of the molecule is CCOc1ccc(-c2c(N)noc2-c2cncnc2)cc1. The van der Waals surface area contributed by atoms with Gasteiger partial charge in [-0.05, 0) is 24.6 Å². The average molecular weight is 282 g/mol. The average Bonchev–Trinajstić information content (AvgIpc) is 2.91. The molecule has 2 aromatic heterocycles. The largest absolute Gasteiger partial charge is 0.494 e. The van der Waals surface area contributed by atoms with Gasteiger partial charge in [0.15, 0.2) is 11.6 Å². The minimum atomic E-state index is 0.331.